The van der Waals surface area contributed by atoms with Crippen LogP contribution in [-0.2, 0) is 0 Å². The molecule has 0 unspecified atom stereocenters. The molecule has 0 fully saturated rings. The van der Waals surface area contributed by atoms with Crippen molar-refractivity contribution in [2.45, 2.75) is 0 Å². The van der Waals surface area contributed by atoms with E-state index in [0.29, 0.717) is 39.3 Å². The largest absolute Gasteiger partial charge is 0.495 e. The lowest BCUT2D eigenvalue weighted by molar-refractivity contribution is 0.104. The fraction of sp³-hybridized carbons (Fsp3) is 0.167. The number of ketones is 1. The van der Waals surface area contributed by atoms with Crippen LogP contribution in [-0.4, -0.2) is 26.8 Å². The van der Waals surface area contributed by atoms with Crippen LogP contribution in [0.15, 0.2) is 42.6 Å². The molecule has 7 heteroatoms. The molecule has 0 radical (unpaired) electrons. The van der Waals surface area contributed by atoms with E-state index in [4.69, 9.17) is 30.5 Å². The summed E-state index contributed by atoms with van der Waals surface area (Å²) in [5, 5.41) is 3.42. The van der Waals surface area contributed by atoms with Gasteiger partial charge in [-0.15, -0.1) is 0 Å². The summed E-state index contributed by atoms with van der Waals surface area (Å²) in [6, 6.07) is 8.38. The number of hydrogen-bond acceptors (Lipinski definition) is 6. The number of allylic oxidation sites excluding steroid dienone is 1. The number of ether oxygens (including phenoxy) is 4. The van der Waals surface area contributed by atoms with Crippen LogP contribution in [0.1, 0.15) is 10.4 Å². The maximum absolute atomic E-state index is 12.3. The van der Waals surface area contributed by atoms with Crippen LogP contribution in [0, 0.1) is 0 Å². The molecule has 0 aromatic heterocycles. The number of carbonyl (C=O) groups excluding carboxylic acids is 1. The molecule has 1 aliphatic heterocycles. The highest BCUT2D eigenvalue weighted by molar-refractivity contribution is 6.32. The maximum atomic E-state index is 12.3. The average Bonchev–Trinajstić information content (AvgIpc) is 3.09. The summed E-state index contributed by atoms with van der Waals surface area (Å²) in [5.41, 5.74) is 1.12. The molecule has 0 saturated carbocycles. The Kier molecular flexibility index (Phi) is 5.00. The van der Waals surface area contributed by atoms with Crippen molar-refractivity contribution in [3.63, 3.8) is 0 Å². The molecule has 0 amide bonds. The van der Waals surface area contributed by atoms with Gasteiger partial charge in [0.25, 0.3) is 0 Å². The third kappa shape index (κ3) is 3.64. The normalized spacial score (nSPS) is 12.3. The Morgan fingerprint density at radius 2 is 1.88 bits per heavy atom. The summed E-state index contributed by atoms with van der Waals surface area (Å²) in [6.07, 6.45) is 2.93. The summed E-state index contributed by atoms with van der Waals surface area (Å²) in [6.45, 7) is 0.169. The van der Waals surface area contributed by atoms with E-state index in [2.05, 4.69) is 5.32 Å². The number of carbonyl (C=O) groups is 1. The van der Waals surface area contributed by atoms with Gasteiger partial charge < -0.3 is 24.3 Å². The quantitative estimate of drug-likeness (QED) is 0.622. The third-order valence-corrected chi connectivity index (χ3v) is 3.90. The van der Waals surface area contributed by atoms with E-state index in [1.807, 2.05) is 0 Å². The molecule has 25 heavy (non-hydrogen) atoms. The minimum atomic E-state index is -0.177. The van der Waals surface area contributed by atoms with Gasteiger partial charge in [0.15, 0.2) is 17.3 Å². The van der Waals surface area contributed by atoms with Gasteiger partial charge in [-0.1, -0.05) is 11.6 Å². The van der Waals surface area contributed by atoms with Crippen molar-refractivity contribution in [2.75, 3.05) is 26.3 Å². The van der Waals surface area contributed by atoms with Gasteiger partial charge in [0.1, 0.15) is 11.5 Å². The van der Waals surface area contributed by atoms with Crippen LogP contribution in [0.2, 0.25) is 5.02 Å². The summed E-state index contributed by atoms with van der Waals surface area (Å²) in [4.78, 5) is 12.3. The van der Waals surface area contributed by atoms with E-state index in [1.54, 1.807) is 30.3 Å². The number of anilines is 1. The van der Waals surface area contributed by atoms with E-state index in [0.717, 1.165) is 0 Å². The summed E-state index contributed by atoms with van der Waals surface area (Å²) in [7, 11) is 3.06. The lowest BCUT2D eigenvalue weighted by atomic mass is 10.1. The van der Waals surface area contributed by atoms with E-state index >= 15 is 0 Å². The van der Waals surface area contributed by atoms with Gasteiger partial charge in [-0.3, -0.25) is 4.79 Å². The molecule has 6 nitrogen and oxygen atoms in total. The SMILES string of the molecule is COc1cc(OC)c(NC=CC(=O)c2ccc3c(c2)OCO3)cc1Cl. The molecule has 0 spiro atoms. The fourth-order valence-electron chi connectivity index (χ4n) is 2.33. The highest BCUT2D eigenvalue weighted by Gasteiger charge is 2.15. The van der Waals surface area contributed by atoms with Crippen molar-refractivity contribution < 1.29 is 23.7 Å². The second kappa shape index (κ2) is 7.36. The topological polar surface area (TPSA) is 66.0 Å². The van der Waals surface area contributed by atoms with Crippen molar-refractivity contribution in [1.82, 2.24) is 0 Å². The van der Waals surface area contributed by atoms with E-state index < -0.39 is 0 Å². The van der Waals surface area contributed by atoms with Gasteiger partial charge in [0, 0.05) is 23.9 Å². The van der Waals surface area contributed by atoms with E-state index in [-0.39, 0.29) is 12.6 Å². The van der Waals surface area contributed by atoms with Crippen LogP contribution in [0.3, 0.4) is 0 Å². The molecule has 1 aliphatic rings. The van der Waals surface area contributed by atoms with Crippen LogP contribution < -0.4 is 24.3 Å². The van der Waals surface area contributed by atoms with Gasteiger partial charge >= 0.3 is 0 Å². The predicted molar refractivity (Wildman–Crippen MR) is 94.2 cm³/mol. The van der Waals surface area contributed by atoms with Gasteiger partial charge in [0.05, 0.1) is 24.9 Å². The third-order valence-electron chi connectivity index (χ3n) is 3.60. The zero-order valence-electron chi connectivity index (χ0n) is 13.7. The molecular weight excluding hydrogens is 346 g/mol. The van der Waals surface area contributed by atoms with Crippen LogP contribution in [0.4, 0.5) is 5.69 Å². The Morgan fingerprint density at radius 3 is 2.64 bits per heavy atom. The second-order valence-electron chi connectivity index (χ2n) is 5.10. The summed E-state index contributed by atoms with van der Waals surface area (Å²) >= 11 is 6.11. The molecule has 2 aromatic rings. The molecular formula is C18H16ClNO5. The molecule has 0 saturated heterocycles. The minimum absolute atomic E-state index is 0.169. The number of hydrogen-bond donors (Lipinski definition) is 1. The first-order valence-corrected chi connectivity index (χ1v) is 7.78. The Labute approximate surface area is 149 Å². The molecule has 0 bridgehead atoms. The molecule has 0 aliphatic carbocycles. The van der Waals surface area contributed by atoms with Gasteiger partial charge in [-0.25, -0.2) is 0 Å². The molecule has 0 atom stereocenters. The Balaban J connectivity index is 1.72. The smallest absolute Gasteiger partial charge is 0.231 e. The number of halogens is 1. The zero-order valence-corrected chi connectivity index (χ0v) is 14.4. The number of nitrogens with one attached hydrogen (secondary N) is 1. The van der Waals surface area contributed by atoms with Gasteiger partial charge in [-0.05, 0) is 24.3 Å². The molecule has 1 heterocycles. The fourth-order valence-corrected chi connectivity index (χ4v) is 2.57. The van der Waals surface area contributed by atoms with Gasteiger partial charge in [0.2, 0.25) is 6.79 Å². The van der Waals surface area contributed by atoms with E-state index in [9.17, 15) is 4.79 Å². The van der Waals surface area contributed by atoms with Crippen molar-refractivity contribution in [3.8, 4) is 23.0 Å². The van der Waals surface area contributed by atoms with Crippen LogP contribution in [0.25, 0.3) is 0 Å². The predicted octanol–water partition coefficient (Wildman–Crippen LogP) is 3.89. The standard InChI is InChI=1S/C18H16ClNO5/c1-22-16-9-17(23-2)13(8-12(16)19)20-6-5-14(21)11-3-4-15-18(7-11)25-10-24-15/h3-9,20H,10H2,1-2H3. The highest BCUT2D eigenvalue weighted by atomic mass is 35.5. The van der Waals surface area contributed by atoms with Crippen molar-refractivity contribution in [2.24, 2.45) is 0 Å². The van der Waals surface area contributed by atoms with Gasteiger partial charge in [-0.2, -0.15) is 0 Å². The van der Waals surface area contributed by atoms with Crippen molar-refractivity contribution in [1.29, 1.82) is 0 Å². The average molecular weight is 362 g/mol. The van der Waals surface area contributed by atoms with Crippen molar-refractivity contribution in [3.05, 3.63) is 53.2 Å². The first kappa shape index (κ1) is 17.0. The van der Waals surface area contributed by atoms with Crippen LogP contribution in [0.5, 0.6) is 23.0 Å². The molecule has 2 aromatic carbocycles. The summed E-state index contributed by atoms with van der Waals surface area (Å²) < 4.78 is 20.9. The monoisotopic (exact) mass is 361 g/mol. The highest BCUT2D eigenvalue weighted by Crippen LogP contribution is 2.36. The second-order valence-corrected chi connectivity index (χ2v) is 5.50. The Morgan fingerprint density at radius 1 is 1.12 bits per heavy atom. The number of fused-ring (bicyclic) bond motifs is 1. The number of benzene rings is 2. The minimum Gasteiger partial charge on any atom is -0.495 e. The maximum Gasteiger partial charge on any atom is 0.231 e. The molecule has 1 N–H and O–H groups in total. The van der Waals surface area contributed by atoms with E-state index in [1.165, 1.54) is 26.5 Å². The first-order valence-electron chi connectivity index (χ1n) is 7.41. The number of methoxy groups -OCH3 is 2. The molecule has 130 valence electrons. The lowest BCUT2D eigenvalue weighted by Crippen LogP contribution is -1.98. The van der Waals surface area contributed by atoms with Crippen LogP contribution >= 0.6 is 11.6 Å². The molecule has 3 rings (SSSR count). The zero-order chi connectivity index (χ0) is 17.8. The first-order chi connectivity index (χ1) is 12.1. The van der Waals surface area contributed by atoms with Crippen molar-refractivity contribution >= 4 is 23.1 Å². The lowest BCUT2D eigenvalue weighted by Gasteiger charge is -2.11. The Bertz CT molecular complexity index is 834. The summed E-state index contributed by atoms with van der Waals surface area (Å²) in [5.74, 6) is 2.07. The Hall–Kier alpha value is -2.86. The number of rotatable bonds is 6.